The SMILES string of the molecule is CCCCC/C=C\C/C=C\CCCCCCCCC(=O)OC(CCCCCCCCCCCCCCCCCCCC)C(=O)O. The number of carbonyl (C=O) groups excluding carboxylic acids is 1. The highest BCUT2D eigenvalue weighted by Gasteiger charge is 2.21. The van der Waals surface area contributed by atoms with Gasteiger partial charge >= 0.3 is 11.9 Å². The van der Waals surface area contributed by atoms with Crippen molar-refractivity contribution < 1.29 is 19.4 Å². The van der Waals surface area contributed by atoms with Gasteiger partial charge in [-0.25, -0.2) is 4.79 Å². The van der Waals surface area contributed by atoms with Crippen LogP contribution in [-0.4, -0.2) is 23.1 Å². The van der Waals surface area contributed by atoms with Crippen molar-refractivity contribution in [2.45, 2.75) is 225 Å². The van der Waals surface area contributed by atoms with Crippen molar-refractivity contribution in [3.63, 3.8) is 0 Å². The van der Waals surface area contributed by atoms with E-state index in [0.29, 0.717) is 12.8 Å². The molecule has 0 saturated carbocycles. The number of rotatable bonds is 36. The molecule has 0 aromatic heterocycles. The molecule has 0 heterocycles. The van der Waals surface area contributed by atoms with Gasteiger partial charge in [-0.1, -0.05) is 186 Å². The summed E-state index contributed by atoms with van der Waals surface area (Å²) in [5.41, 5.74) is 0. The van der Waals surface area contributed by atoms with Gasteiger partial charge in [-0.3, -0.25) is 4.79 Å². The van der Waals surface area contributed by atoms with E-state index in [1.165, 1.54) is 141 Å². The van der Waals surface area contributed by atoms with Crippen molar-refractivity contribution in [3.05, 3.63) is 24.3 Å². The van der Waals surface area contributed by atoms with Crippen molar-refractivity contribution >= 4 is 11.9 Å². The lowest BCUT2D eigenvalue weighted by atomic mass is 10.0. The standard InChI is InChI=1S/C41H76O4/c1-3-5-7-9-11-13-15-17-19-21-22-23-25-27-29-31-33-35-37-39(41(43)44)45-40(42)38-36-34-32-30-28-26-24-20-18-16-14-12-10-8-6-4-2/h12,14,18,20,39H,3-11,13,15-17,19,21-38H2,1-2H3,(H,43,44)/b14-12-,20-18-. The number of carboxylic acid groups (broad SMARTS) is 1. The van der Waals surface area contributed by atoms with Gasteiger partial charge in [0.05, 0.1) is 0 Å². The first-order valence-corrected chi connectivity index (χ1v) is 19.8. The lowest BCUT2D eigenvalue weighted by molar-refractivity contribution is -0.164. The van der Waals surface area contributed by atoms with E-state index in [4.69, 9.17) is 4.74 Å². The molecule has 0 aromatic rings. The van der Waals surface area contributed by atoms with Crippen LogP contribution in [0.3, 0.4) is 0 Å². The second-order valence-electron chi connectivity index (χ2n) is 13.5. The fraction of sp³-hybridized carbons (Fsp3) is 0.854. The Hall–Kier alpha value is -1.58. The third-order valence-corrected chi connectivity index (χ3v) is 8.95. The molecule has 45 heavy (non-hydrogen) atoms. The summed E-state index contributed by atoms with van der Waals surface area (Å²) in [6.07, 6.45) is 46.4. The maximum absolute atomic E-state index is 12.2. The molecule has 0 aromatic carbocycles. The summed E-state index contributed by atoms with van der Waals surface area (Å²) < 4.78 is 5.32. The fourth-order valence-corrected chi connectivity index (χ4v) is 5.94. The molecular formula is C41H76O4. The van der Waals surface area contributed by atoms with Gasteiger partial charge in [-0.05, 0) is 51.4 Å². The first kappa shape index (κ1) is 43.4. The van der Waals surface area contributed by atoms with Crippen LogP contribution < -0.4 is 0 Å². The normalized spacial score (nSPS) is 12.4. The van der Waals surface area contributed by atoms with Crippen molar-refractivity contribution in [1.82, 2.24) is 0 Å². The van der Waals surface area contributed by atoms with E-state index in [2.05, 4.69) is 38.2 Å². The van der Waals surface area contributed by atoms with Gasteiger partial charge < -0.3 is 9.84 Å². The number of hydrogen-bond donors (Lipinski definition) is 1. The number of allylic oxidation sites excluding steroid dienone is 4. The van der Waals surface area contributed by atoms with Gasteiger partial charge in [0.2, 0.25) is 0 Å². The quantitative estimate of drug-likeness (QED) is 0.0424. The molecule has 1 N–H and O–H groups in total. The summed E-state index contributed by atoms with van der Waals surface area (Å²) in [4.78, 5) is 23.8. The molecule has 4 nitrogen and oxygen atoms in total. The molecule has 1 atom stereocenters. The van der Waals surface area contributed by atoms with Crippen LogP contribution in [-0.2, 0) is 14.3 Å². The number of carbonyl (C=O) groups is 2. The topological polar surface area (TPSA) is 63.6 Å². The molecule has 264 valence electrons. The van der Waals surface area contributed by atoms with Crippen LogP contribution in [0, 0.1) is 0 Å². The van der Waals surface area contributed by atoms with Crippen LogP contribution in [0.5, 0.6) is 0 Å². The van der Waals surface area contributed by atoms with Crippen molar-refractivity contribution in [2.24, 2.45) is 0 Å². The first-order chi connectivity index (χ1) is 22.1. The van der Waals surface area contributed by atoms with Gasteiger partial charge in [0.15, 0.2) is 6.10 Å². The Morgan fingerprint density at radius 3 is 1.29 bits per heavy atom. The summed E-state index contributed by atoms with van der Waals surface area (Å²) in [5, 5.41) is 9.49. The molecule has 0 fully saturated rings. The van der Waals surface area contributed by atoms with Crippen LogP contribution in [0.4, 0.5) is 0 Å². The molecule has 1 unspecified atom stereocenters. The molecular weight excluding hydrogens is 556 g/mol. The van der Waals surface area contributed by atoms with E-state index >= 15 is 0 Å². The highest BCUT2D eigenvalue weighted by molar-refractivity contribution is 5.77. The second-order valence-corrected chi connectivity index (χ2v) is 13.5. The Labute approximate surface area is 280 Å². The van der Waals surface area contributed by atoms with E-state index in [-0.39, 0.29) is 5.97 Å². The summed E-state index contributed by atoms with van der Waals surface area (Å²) in [6, 6.07) is 0. The smallest absolute Gasteiger partial charge is 0.345 e. The van der Waals surface area contributed by atoms with Gasteiger partial charge in [-0.15, -0.1) is 0 Å². The Balaban J connectivity index is 3.55. The van der Waals surface area contributed by atoms with E-state index in [9.17, 15) is 14.7 Å². The van der Waals surface area contributed by atoms with Gasteiger partial charge in [0.1, 0.15) is 0 Å². The average Bonchev–Trinajstić information content (AvgIpc) is 3.03. The summed E-state index contributed by atoms with van der Waals surface area (Å²) >= 11 is 0. The van der Waals surface area contributed by atoms with Crippen LogP contribution in [0.1, 0.15) is 219 Å². The van der Waals surface area contributed by atoms with Gasteiger partial charge in [0, 0.05) is 6.42 Å². The molecule has 0 amide bonds. The molecule has 0 radical (unpaired) electrons. The zero-order valence-corrected chi connectivity index (χ0v) is 30.2. The number of esters is 1. The number of unbranched alkanes of at least 4 members (excludes halogenated alkanes) is 26. The largest absolute Gasteiger partial charge is 0.479 e. The minimum absolute atomic E-state index is 0.331. The number of carboxylic acids is 1. The van der Waals surface area contributed by atoms with Crippen molar-refractivity contribution in [1.29, 1.82) is 0 Å². The van der Waals surface area contributed by atoms with Gasteiger partial charge in [0.25, 0.3) is 0 Å². The fourth-order valence-electron chi connectivity index (χ4n) is 5.94. The Morgan fingerprint density at radius 2 is 0.844 bits per heavy atom. The predicted molar refractivity (Wildman–Crippen MR) is 195 cm³/mol. The van der Waals surface area contributed by atoms with Gasteiger partial charge in [-0.2, -0.15) is 0 Å². The lowest BCUT2D eigenvalue weighted by Gasteiger charge is -2.13. The minimum atomic E-state index is -1.01. The summed E-state index contributed by atoms with van der Waals surface area (Å²) in [6.45, 7) is 4.52. The maximum Gasteiger partial charge on any atom is 0.345 e. The molecule has 0 aliphatic rings. The third-order valence-electron chi connectivity index (χ3n) is 8.95. The Morgan fingerprint density at radius 1 is 0.489 bits per heavy atom. The van der Waals surface area contributed by atoms with E-state index in [1.807, 2.05) is 0 Å². The lowest BCUT2D eigenvalue weighted by Crippen LogP contribution is -2.27. The number of aliphatic carboxylic acids is 1. The van der Waals surface area contributed by atoms with E-state index in [1.54, 1.807) is 0 Å². The van der Waals surface area contributed by atoms with Crippen molar-refractivity contribution in [2.75, 3.05) is 0 Å². The Bertz CT molecular complexity index is 683. The first-order valence-electron chi connectivity index (χ1n) is 19.8. The monoisotopic (exact) mass is 633 g/mol. The molecule has 0 aliphatic carbocycles. The highest BCUT2D eigenvalue weighted by Crippen LogP contribution is 2.16. The molecule has 0 spiro atoms. The highest BCUT2D eigenvalue weighted by atomic mass is 16.6. The Kier molecular flexibility index (Phi) is 35.6. The van der Waals surface area contributed by atoms with Crippen LogP contribution in [0.15, 0.2) is 24.3 Å². The van der Waals surface area contributed by atoms with Crippen molar-refractivity contribution in [3.8, 4) is 0 Å². The van der Waals surface area contributed by atoms with E-state index in [0.717, 1.165) is 51.4 Å². The van der Waals surface area contributed by atoms with Crippen LogP contribution in [0.2, 0.25) is 0 Å². The molecule has 0 aliphatic heterocycles. The zero-order valence-electron chi connectivity index (χ0n) is 30.2. The zero-order chi connectivity index (χ0) is 32.9. The van der Waals surface area contributed by atoms with Crippen LogP contribution >= 0.6 is 0 Å². The van der Waals surface area contributed by atoms with Crippen LogP contribution in [0.25, 0.3) is 0 Å². The number of ether oxygens (including phenoxy) is 1. The minimum Gasteiger partial charge on any atom is -0.479 e. The molecule has 4 heteroatoms. The second kappa shape index (κ2) is 36.9. The number of hydrogen-bond acceptors (Lipinski definition) is 3. The van der Waals surface area contributed by atoms with E-state index < -0.39 is 12.1 Å². The molecule has 0 bridgehead atoms. The summed E-state index contributed by atoms with van der Waals surface area (Å²) in [7, 11) is 0. The summed E-state index contributed by atoms with van der Waals surface area (Å²) in [5.74, 6) is -1.36. The maximum atomic E-state index is 12.2. The average molecular weight is 633 g/mol. The molecule has 0 saturated heterocycles. The third kappa shape index (κ3) is 35.1. The molecule has 0 rings (SSSR count). The predicted octanol–water partition coefficient (Wildman–Crippen LogP) is 13.6.